The monoisotopic (exact) mass is 367 g/mol. The van der Waals surface area contributed by atoms with Gasteiger partial charge in [-0.1, -0.05) is 37.3 Å². The Morgan fingerprint density at radius 3 is 2.74 bits per heavy atom. The maximum Gasteiger partial charge on any atom is 0.407 e. The summed E-state index contributed by atoms with van der Waals surface area (Å²) in [4.78, 5) is 16.8. The van der Waals surface area contributed by atoms with E-state index in [0.29, 0.717) is 17.8 Å². The fourth-order valence-electron chi connectivity index (χ4n) is 3.92. The van der Waals surface area contributed by atoms with Crippen molar-refractivity contribution in [2.75, 3.05) is 12.4 Å². The molecular weight excluding hydrogens is 342 g/mol. The number of pyridine rings is 1. The highest BCUT2D eigenvalue weighted by atomic mass is 16.5. The van der Waals surface area contributed by atoms with E-state index in [0.717, 1.165) is 16.8 Å². The van der Waals surface area contributed by atoms with Gasteiger partial charge in [-0.15, -0.1) is 0 Å². The minimum atomic E-state index is -0.427. The lowest BCUT2D eigenvalue weighted by Gasteiger charge is -2.39. The second-order valence-corrected chi connectivity index (χ2v) is 7.33. The van der Waals surface area contributed by atoms with Crippen LogP contribution in [0.2, 0.25) is 0 Å². The lowest BCUT2D eigenvalue weighted by atomic mass is 9.82. The van der Waals surface area contributed by atoms with E-state index in [9.17, 15) is 4.79 Å². The Balaban J connectivity index is 1.53. The molecule has 2 aliphatic rings. The van der Waals surface area contributed by atoms with Crippen LogP contribution in [0.3, 0.4) is 0 Å². The van der Waals surface area contributed by atoms with E-state index in [2.05, 4.69) is 22.5 Å². The van der Waals surface area contributed by atoms with Crippen molar-refractivity contribution in [1.29, 1.82) is 0 Å². The SMILES string of the molecule is COc1nccc2c1C(NC(=O)OCc1ccccc1)[C@@H](C)C(C1CC1)N2. The zero-order valence-electron chi connectivity index (χ0n) is 15.6. The molecule has 1 fully saturated rings. The van der Waals surface area contributed by atoms with Crippen LogP contribution in [0.5, 0.6) is 5.88 Å². The van der Waals surface area contributed by atoms with Gasteiger partial charge in [-0.05, 0) is 30.4 Å². The average Bonchev–Trinajstić information content (AvgIpc) is 3.53. The first-order valence-corrected chi connectivity index (χ1v) is 9.44. The number of amides is 1. The van der Waals surface area contributed by atoms with Crippen molar-refractivity contribution in [2.24, 2.45) is 11.8 Å². The summed E-state index contributed by atoms with van der Waals surface area (Å²) in [6.07, 6.45) is 3.76. The number of anilines is 1. The number of nitrogens with one attached hydrogen (secondary N) is 2. The van der Waals surface area contributed by atoms with Crippen LogP contribution in [0.4, 0.5) is 10.5 Å². The van der Waals surface area contributed by atoms with Gasteiger partial charge in [0.2, 0.25) is 5.88 Å². The molecule has 2 N–H and O–H groups in total. The zero-order valence-corrected chi connectivity index (χ0v) is 15.6. The predicted octanol–water partition coefficient (Wildman–Crippen LogP) is 3.90. The molecule has 4 rings (SSSR count). The molecule has 27 heavy (non-hydrogen) atoms. The summed E-state index contributed by atoms with van der Waals surface area (Å²) in [5, 5.41) is 6.69. The molecule has 142 valence electrons. The number of hydrogen-bond donors (Lipinski definition) is 2. The topological polar surface area (TPSA) is 72.5 Å². The molecule has 6 heteroatoms. The number of nitrogens with zero attached hydrogens (tertiary/aromatic N) is 1. The van der Waals surface area contributed by atoms with Gasteiger partial charge in [0.05, 0.1) is 18.7 Å². The van der Waals surface area contributed by atoms with Crippen LogP contribution >= 0.6 is 0 Å². The van der Waals surface area contributed by atoms with Crippen molar-refractivity contribution in [3.63, 3.8) is 0 Å². The predicted molar refractivity (Wildman–Crippen MR) is 103 cm³/mol. The number of carbonyl (C=O) groups is 1. The van der Waals surface area contributed by atoms with Crippen LogP contribution < -0.4 is 15.4 Å². The lowest BCUT2D eigenvalue weighted by Crippen LogP contribution is -2.45. The second kappa shape index (κ2) is 7.47. The summed E-state index contributed by atoms with van der Waals surface area (Å²) in [6.45, 7) is 2.41. The Bertz CT molecular complexity index is 808. The summed E-state index contributed by atoms with van der Waals surface area (Å²) in [7, 11) is 1.60. The minimum absolute atomic E-state index is 0.201. The quantitative estimate of drug-likeness (QED) is 0.839. The van der Waals surface area contributed by atoms with E-state index in [1.54, 1.807) is 13.3 Å². The zero-order chi connectivity index (χ0) is 18.8. The average molecular weight is 367 g/mol. The molecule has 2 aromatic rings. The molecule has 1 aliphatic heterocycles. The molecule has 1 aromatic heterocycles. The third kappa shape index (κ3) is 3.70. The largest absolute Gasteiger partial charge is 0.481 e. The Hall–Kier alpha value is -2.76. The Morgan fingerprint density at radius 1 is 1.26 bits per heavy atom. The number of rotatable bonds is 5. The van der Waals surface area contributed by atoms with Crippen LogP contribution in [0.1, 0.15) is 36.9 Å². The molecule has 1 aliphatic carbocycles. The Labute approximate surface area is 159 Å². The Kier molecular flexibility index (Phi) is 4.88. The molecule has 1 amide bonds. The fraction of sp³-hybridized carbons (Fsp3) is 0.429. The standard InChI is InChI=1S/C21H25N3O3/c1-13-18(15-8-9-15)23-16-10-11-22-20(26-2)17(16)19(13)24-21(25)27-12-14-6-4-3-5-7-14/h3-7,10-11,13,15,18-19,23H,8-9,12H2,1-2H3,(H,24,25)/t13-,18?,19?/m0/s1. The number of methoxy groups -OCH3 is 1. The van der Waals surface area contributed by atoms with E-state index >= 15 is 0 Å². The highest BCUT2D eigenvalue weighted by Crippen LogP contribution is 2.47. The number of benzene rings is 1. The first-order chi connectivity index (χ1) is 13.2. The van der Waals surface area contributed by atoms with Gasteiger partial charge in [0.15, 0.2) is 0 Å². The van der Waals surface area contributed by atoms with E-state index in [-0.39, 0.29) is 18.6 Å². The fourth-order valence-corrected chi connectivity index (χ4v) is 3.92. The maximum absolute atomic E-state index is 12.5. The van der Waals surface area contributed by atoms with Crippen LogP contribution in [0, 0.1) is 11.8 Å². The summed E-state index contributed by atoms with van der Waals surface area (Å²) < 4.78 is 10.9. The molecule has 0 bridgehead atoms. The van der Waals surface area contributed by atoms with Crippen LogP contribution in [-0.4, -0.2) is 24.2 Å². The van der Waals surface area contributed by atoms with Gasteiger partial charge >= 0.3 is 6.09 Å². The number of hydrogen-bond acceptors (Lipinski definition) is 5. The van der Waals surface area contributed by atoms with Gasteiger partial charge < -0.3 is 20.1 Å². The van der Waals surface area contributed by atoms with Crippen LogP contribution in [0.15, 0.2) is 42.6 Å². The van der Waals surface area contributed by atoms with Crippen LogP contribution in [0.25, 0.3) is 0 Å². The van der Waals surface area contributed by atoms with Crippen molar-refractivity contribution in [1.82, 2.24) is 10.3 Å². The molecule has 0 saturated heterocycles. The number of alkyl carbamates (subject to hydrolysis) is 1. The first-order valence-electron chi connectivity index (χ1n) is 9.44. The van der Waals surface area contributed by atoms with Gasteiger partial charge in [-0.3, -0.25) is 0 Å². The summed E-state index contributed by atoms with van der Waals surface area (Å²) in [5.41, 5.74) is 2.83. The van der Waals surface area contributed by atoms with Crippen molar-refractivity contribution in [3.8, 4) is 5.88 Å². The van der Waals surface area contributed by atoms with Crippen molar-refractivity contribution in [3.05, 3.63) is 53.7 Å². The highest BCUT2D eigenvalue weighted by Gasteiger charge is 2.44. The third-order valence-corrected chi connectivity index (χ3v) is 5.49. The van der Waals surface area contributed by atoms with E-state index in [1.807, 2.05) is 36.4 Å². The van der Waals surface area contributed by atoms with Crippen molar-refractivity contribution < 1.29 is 14.3 Å². The smallest absolute Gasteiger partial charge is 0.407 e. The third-order valence-electron chi connectivity index (χ3n) is 5.49. The molecule has 1 aromatic carbocycles. The molecule has 6 nitrogen and oxygen atoms in total. The molecule has 0 spiro atoms. The van der Waals surface area contributed by atoms with E-state index < -0.39 is 6.09 Å². The molecule has 2 heterocycles. The molecular formula is C21H25N3O3. The minimum Gasteiger partial charge on any atom is -0.481 e. The van der Waals surface area contributed by atoms with Crippen molar-refractivity contribution >= 4 is 11.8 Å². The second-order valence-electron chi connectivity index (χ2n) is 7.33. The maximum atomic E-state index is 12.5. The van der Waals surface area contributed by atoms with Gasteiger partial charge in [0, 0.05) is 23.8 Å². The van der Waals surface area contributed by atoms with E-state index in [1.165, 1.54) is 12.8 Å². The van der Waals surface area contributed by atoms with Crippen LogP contribution in [-0.2, 0) is 11.3 Å². The number of aromatic nitrogens is 1. The number of fused-ring (bicyclic) bond motifs is 1. The van der Waals surface area contributed by atoms with Gasteiger partial charge in [-0.25, -0.2) is 9.78 Å². The van der Waals surface area contributed by atoms with Crippen molar-refractivity contribution in [2.45, 2.75) is 38.5 Å². The number of carbonyl (C=O) groups excluding carboxylic acids is 1. The van der Waals surface area contributed by atoms with Gasteiger partial charge in [-0.2, -0.15) is 0 Å². The summed E-state index contributed by atoms with van der Waals surface area (Å²) in [5.74, 6) is 1.39. The highest BCUT2D eigenvalue weighted by molar-refractivity contribution is 5.70. The Morgan fingerprint density at radius 2 is 2.04 bits per heavy atom. The van der Waals surface area contributed by atoms with Gasteiger partial charge in [0.1, 0.15) is 6.61 Å². The van der Waals surface area contributed by atoms with E-state index in [4.69, 9.17) is 9.47 Å². The first kappa shape index (κ1) is 17.6. The lowest BCUT2D eigenvalue weighted by molar-refractivity contribution is 0.130. The molecule has 0 radical (unpaired) electrons. The normalized spacial score (nSPS) is 23.7. The van der Waals surface area contributed by atoms with Gasteiger partial charge in [0.25, 0.3) is 0 Å². The molecule has 1 saturated carbocycles. The molecule has 2 unspecified atom stereocenters. The summed E-state index contributed by atoms with van der Waals surface area (Å²) in [6, 6.07) is 11.7. The number of ether oxygens (including phenoxy) is 2. The molecule has 3 atom stereocenters. The summed E-state index contributed by atoms with van der Waals surface area (Å²) >= 11 is 0.